The highest BCUT2D eigenvalue weighted by Crippen LogP contribution is 2.15. The Labute approximate surface area is 139 Å². The van der Waals surface area contributed by atoms with Gasteiger partial charge in [-0.1, -0.05) is 31.6 Å². The van der Waals surface area contributed by atoms with Gasteiger partial charge in [0.05, 0.1) is 12.5 Å². The Morgan fingerprint density at radius 3 is 2.70 bits per heavy atom. The summed E-state index contributed by atoms with van der Waals surface area (Å²) in [4.78, 5) is 0. The Morgan fingerprint density at radius 1 is 1.22 bits per heavy atom. The molecule has 0 spiro atoms. The van der Waals surface area contributed by atoms with Crippen LogP contribution in [0.4, 0.5) is 0 Å². The minimum Gasteiger partial charge on any atom is -0.489 e. The Morgan fingerprint density at radius 2 is 2.04 bits per heavy atom. The van der Waals surface area contributed by atoms with E-state index in [9.17, 15) is 0 Å². The molecule has 2 aromatic rings. The molecule has 0 aliphatic carbocycles. The largest absolute Gasteiger partial charge is 0.489 e. The fraction of sp³-hybridized carbons (Fsp3) is 0.400. The molecule has 3 nitrogen and oxygen atoms in total. The zero-order valence-electron chi connectivity index (χ0n) is 14.0. The molecule has 23 heavy (non-hydrogen) atoms. The molecular weight excluding hydrogens is 286 g/mol. The van der Waals surface area contributed by atoms with Crippen molar-refractivity contribution < 1.29 is 9.15 Å². The molecule has 0 amide bonds. The standard InChI is InChI=1S/C20H27NO2/c1-3-5-17(4-2)10-12-21-14-18-6-8-20(9-7-18)23-16-19-11-13-22-15-19/h3,6-9,11,13,15,17,21H,1,4-5,10,12,14,16H2,2H3. The molecule has 1 N–H and O–H groups in total. The first kappa shape index (κ1) is 17.4. The SMILES string of the molecule is C=CCC(CC)CCNCc1ccc(OCc2ccoc2)cc1. The van der Waals surface area contributed by atoms with Gasteiger partial charge in [0, 0.05) is 12.1 Å². The maximum Gasteiger partial charge on any atom is 0.119 e. The lowest BCUT2D eigenvalue weighted by molar-refractivity contribution is 0.304. The van der Waals surface area contributed by atoms with Crippen LogP contribution in [0.2, 0.25) is 0 Å². The van der Waals surface area contributed by atoms with Gasteiger partial charge < -0.3 is 14.5 Å². The van der Waals surface area contributed by atoms with Crippen LogP contribution in [-0.4, -0.2) is 6.54 Å². The minimum atomic E-state index is 0.538. The molecule has 1 unspecified atom stereocenters. The van der Waals surface area contributed by atoms with Gasteiger partial charge in [-0.2, -0.15) is 0 Å². The van der Waals surface area contributed by atoms with Crippen LogP contribution in [0.5, 0.6) is 5.75 Å². The minimum absolute atomic E-state index is 0.538. The summed E-state index contributed by atoms with van der Waals surface area (Å²) < 4.78 is 10.7. The predicted molar refractivity (Wildman–Crippen MR) is 94.4 cm³/mol. The molecule has 1 aromatic heterocycles. The van der Waals surface area contributed by atoms with E-state index in [4.69, 9.17) is 9.15 Å². The van der Waals surface area contributed by atoms with E-state index in [-0.39, 0.29) is 0 Å². The van der Waals surface area contributed by atoms with Gasteiger partial charge in [0.15, 0.2) is 0 Å². The second-order valence-electron chi connectivity index (χ2n) is 5.83. The molecule has 2 rings (SSSR count). The number of benzene rings is 1. The van der Waals surface area contributed by atoms with Crippen molar-refractivity contribution in [3.63, 3.8) is 0 Å². The summed E-state index contributed by atoms with van der Waals surface area (Å²) in [6.45, 7) is 8.55. The van der Waals surface area contributed by atoms with E-state index in [2.05, 4.69) is 31.0 Å². The smallest absolute Gasteiger partial charge is 0.119 e. The molecule has 3 heteroatoms. The first-order valence-corrected chi connectivity index (χ1v) is 8.36. The van der Waals surface area contributed by atoms with Gasteiger partial charge in [0.1, 0.15) is 12.4 Å². The normalized spacial score (nSPS) is 12.0. The highest BCUT2D eigenvalue weighted by atomic mass is 16.5. The van der Waals surface area contributed by atoms with Gasteiger partial charge in [-0.25, -0.2) is 0 Å². The number of hydrogen-bond acceptors (Lipinski definition) is 3. The van der Waals surface area contributed by atoms with E-state index in [1.165, 1.54) is 18.4 Å². The Kier molecular flexibility index (Phi) is 7.47. The van der Waals surface area contributed by atoms with Gasteiger partial charge in [-0.3, -0.25) is 0 Å². The van der Waals surface area contributed by atoms with Gasteiger partial charge in [-0.05, 0) is 49.1 Å². The van der Waals surface area contributed by atoms with Crippen LogP contribution in [0.25, 0.3) is 0 Å². The summed E-state index contributed by atoms with van der Waals surface area (Å²) in [7, 11) is 0. The van der Waals surface area contributed by atoms with Crippen molar-refractivity contribution in [2.24, 2.45) is 5.92 Å². The van der Waals surface area contributed by atoms with Crippen LogP contribution in [0, 0.1) is 5.92 Å². The van der Waals surface area contributed by atoms with Crippen LogP contribution < -0.4 is 10.1 Å². The quantitative estimate of drug-likeness (QED) is 0.471. The molecule has 124 valence electrons. The fourth-order valence-electron chi connectivity index (χ4n) is 2.51. The van der Waals surface area contributed by atoms with E-state index < -0.39 is 0 Å². The predicted octanol–water partition coefficient (Wildman–Crippen LogP) is 4.94. The summed E-state index contributed by atoms with van der Waals surface area (Å²) in [5.74, 6) is 1.63. The molecule has 0 radical (unpaired) electrons. The molecule has 0 aliphatic heterocycles. The average Bonchev–Trinajstić information content (AvgIpc) is 3.10. The zero-order chi connectivity index (χ0) is 16.3. The number of furan rings is 1. The van der Waals surface area contributed by atoms with Crippen molar-refractivity contribution in [1.29, 1.82) is 0 Å². The van der Waals surface area contributed by atoms with Crippen molar-refractivity contribution in [3.8, 4) is 5.75 Å². The van der Waals surface area contributed by atoms with E-state index in [1.807, 2.05) is 24.3 Å². The van der Waals surface area contributed by atoms with Crippen LogP contribution in [0.15, 0.2) is 59.9 Å². The van der Waals surface area contributed by atoms with E-state index >= 15 is 0 Å². The average molecular weight is 313 g/mol. The Hall–Kier alpha value is -2.00. The lowest BCUT2D eigenvalue weighted by Crippen LogP contribution is -2.17. The van der Waals surface area contributed by atoms with Crippen molar-refractivity contribution in [2.75, 3.05) is 6.54 Å². The first-order chi connectivity index (χ1) is 11.3. The van der Waals surface area contributed by atoms with Crippen molar-refractivity contribution in [3.05, 3.63) is 66.6 Å². The third kappa shape index (κ3) is 6.33. The molecular formula is C20H27NO2. The third-order valence-corrected chi connectivity index (χ3v) is 4.04. The molecule has 1 aromatic carbocycles. The van der Waals surface area contributed by atoms with Crippen LogP contribution in [0.3, 0.4) is 0 Å². The fourth-order valence-corrected chi connectivity index (χ4v) is 2.51. The van der Waals surface area contributed by atoms with E-state index in [0.29, 0.717) is 6.61 Å². The summed E-state index contributed by atoms with van der Waals surface area (Å²) in [5, 5.41) is 3.51. The molecule has 0 fully saturated rings. The zero-order valence-corrected chi connectivity index (χ0v) is 14.0. The van der Waals surface area contributed by atoms with Crippen LogP contribution in [0.1, 0.15) is 37.3 Å². The lowest BCUT2D eigenvalue weighted by Gasteiger charge is -2.13. The first-order valence-electron chi connectivity index (χ1n) is 8.36. The summed E-state index contributed by atoms with van der Waals surface area (Å²) in [5.41, 5.74) is 2.32. The topological polar surface area (TPSA) is 34.4 Å². The Bertz CT molecular complexity index is 546. The molecule has 1 atom stereocenters. The van der Waals surface area contributed by atoms with Crippen molar-refractivity contribution in [1.82, 2.24) is 5.32 Å². The second-order valence-corrected chi connectivity index (χ2v) is 5.83. The van der Waals surface area contributed by atoms with Gasteiger partial charge >= 0.3 is 0 Å². The number of nitrogens with one attached hydrogen (secondary N) is 1. The summed E-state index contributed by atoms with van der Waals surface area (Å²) in [6.07, 6.45) is 8.92. The molecule has 0 aliphatic rings. The molecule has 0 saturated carbocycles. The van der Waals surface area contributed by atoms with E-state index in [1.54, 1.807) is 12.5 Å². The number of hydrogen-bond donors (Lipinski definition) is 1. The van der Waals surface area contributed by atoms with Crippen molar-refractivity contribution >= 4 is 0 Å². The van der Waals surface area contributed by atoms with Gasteiger partial charge in [-0.15, -0.1) is 6.58 Å². The maximum absolute atomic E-state index is 5.71. The summed E-state index contributed by atoms with van der Waals surface area (Å²) in [6, 6.07) is 10.2. The molecule has 0 saturated heterocycles. The van der Waals surface area contributed by atoms with Crippen molar-refractivity contribution in [2.45, 2.75) is 39.3 Å². The molecule has 1 heterocycles. The Balaban J connectivity index is 1.67. The van der Waals surface area contributed by atoms with Gasteiger partial charge in [0.2, 0.25) is 0 Å². The third-order valence-electron chi connectivity index (χ3n) is 4.04. The number of rotatable bonds is 11. The lowest BCUT2D eigenvalue weighted by atomic mass is 9.98. The van der Waals surface area contributed by atoms with Crippen LogP contribution >= 0.6 is 0 Å². The maximum atomic E-state index is 5.71. The van der Waals surface area contributed by atoms with Crippen LogP contribution in [-0.2, 0) is 13.2 Å². The second kappa shape index (κ2) is 9.90. The number of ether oxygens (including phenoxy) is 1. The monoisotopic (exact) mass is 313 g/mol. The van der Waals surface area contributed by atoms with Gasteiger partial charge in [0.25, 0.3) is 0 Å². The summed E-state index contributed by atoms with van der Waals surface area (Å²) >= 11 is 0. The van der Waals surface area contributed by atoms with E-state index in [0.717, 1.165) is 36.7 Å². The molecule has 0 bridgehead atoms. The highest BCUT2D eigenvalue weighted by Gasteiger charge is 2.03. The number of allylic oxidation sites excluding steroid dienone is 1. The highest BCUT2D eigenvalue weighted by molar-refractivity contribution is 5.27.